The first-order valence-electron chi connectivity index (χ1n) is 15.5. The topological polar surface area (TPSA) is 13.1 Å². The Morgan fingerprint density at radius 2 is 0.949 bits per heavy atom. The zero-order valence-corrected chi connectivity index (χ0v) is 20.9. The number of para-hydroxylation sites is 1. The van der Waals surface area contributed by atoms with Gasteiger partial charge in [-0.2, -0.15) is 0 Å². The molecular weight excluding hydrogens is 472 g/mol. The smallest absolute Gasteiger partial charge is 0.136 e. The Morgan fingerprint density at radius 3 is 1.62 bits per heavy atom. The summed E-state index contributed by atoms with van der Waals surface area (Å²) in [6.45, 7) is 0. The summed E-state index contributed by atoms with van der Waals surface area (Å²) in [7, 11) is 0. The number of rotatable bonds is 3. The molecule has 0 aliphatic heterocycles. The molecule has 0 unspecified atom stereocenters. The maximum atomic E-state index is 9.21. The van der Waals surface area contributed by atoms with Crippen LogP contribution in [0.15, 0.2) is 150 Å². The van der Waals surface area contributed by atoms with Gasteiger partial charge in [-0.1, -0.05) is 133 Å². The monoisotopic (exact) mass is 501 g/mol. The van der Waals surface area contributed by atoms with E-state index in [1.165, 1.54) is 0 Å². The average Bonchev–Trinajstić information content (AvgIpc) is 3.44. The molecule has 0 atom stereocenters. The second-order valence-corrected chi connectivity index (χ2v) is 9.66. The van der Waals surface area contributed by atoms with Gasteiger partial charge in [0, 0.05) is 10.8 Å². The van der Waals surface area contributed by atoms with E-state index in [-0.39, 0.29) is 35.3 Å². The van der Waals surface area contributed by atoms with Crippen LogP contribution in [0.5, 0.6) is 0 Å². The van der Waals surface area contributed by atoms with Crippen molar-refractivity contribution in [2.45, 2.75) is 0 Å². The molecule has 1 nitrogen and oxygen atoms in total. The van der Waals surface area contributed by atoms with Crippen LogP contribution in [0.2, 0.25) is 0 Å². The SMILES string of the molecule is [2H]c1ccc(-c2c([2H])c([2H])c(-c3c4ccccc4c(-c4cccc5oc6ccccc6c45)c4ccccc34)c([2H])c2[2H])cc1. The van der Waals surface area contributed by atoms with Gasteiger partial charge in [-0.3, -0.25) is 0 Å². The first-order chi connectivity index (χ1) is 21.4. The zero-order chi connectivity index (χ0) is 30.1. The van der Waals surface area contributed by atoms with Crippen LogP contribution in [0.25, 0.3) is 76.9 Å². The first kappa shape index (κ1) is 17.4. The number of benzene rings is 7. The molecule has 8 aromatic rings. The lowest BCUT2D eigenvalue weighted by Crippen LogP contribution is -1.91. The molecule has 0 bridgehead atoms. The second kappa shape index (κ2) is 8.72. The molecule has 0 spiro atoms. The van der Waals surface area contributed by atoms with Gasteiger partial charge < -0.3 is 4.42 Å². The molecule has 0 fully saturated rings. The summed E-state index contributed by atoms with van der Waals surface area (Å²) in [6, 6.07) is 36.6. The van der Waals surface area contributed by atoms with E-state index in [4.69, 9.17) is 8.53 Å². The van der Waals surface area contributed by atoms with Crippen LogP contribution >= 0.6 is 0 Å². The third-order valence-corrected chi connectivity index (χ3v) is 7.49. The van der Waals surface area contributed by atoms with Crippen LogP contribution in [-0.2, 0) is 0 Å². The molecule has 0 aliphatic rings. The minimum absolute atomic E-state index is 0.0954. The zero-order valence-electron chi connectivity index (χ0n) is 25.9. The highest BCUT2D eigenvalue weighted by Gasteiger charge is 2.19. The van der Waals surface area contributed by atoms with Crippen molar-refractivity contribution in [2.75, 3.05) is 0 Å². The molecule has 0 N–H and O–H groups in total. The Bertz CT molecular complexity index is 2350. The third kappa shape index (κ3) is 3.41. The van der Waals surface area contributed by atoms with Gasteiger partial charge >= 0.3 is 0 Å². The van der Waals surface area contributed by atoms with Crippen LogP contribution in [0.4, 0.5) is 0 Å². The molecule has 39 heavy (non-hydrogen) atoms. The van der Waals surface area contributed by atoms with Gasteiger partial charge in [0.2, 0.25) is 0 Å². The van der Waals surface area contributed by atoms with E-state index in [1.807, 2.05) is 66.7 Å². The number of fused-ring (bicyclic) bond motifs is 5. The van der Waals surface area contributed by atoms with Crippen molar-refractivity contribution in [2.24, 2.45) is 0 Å². The van der Waals surface area contributed by atoms with Crippen molar-refractivity contribution in [3.05, 3.63) is 145 Å². The highest BCUT2D eigenvalue weighted by atomic mass is 16.3. The lowest BCUT2D eigenvalue weighted by atomic mass is 9.84. The quantitative estimate of drug-likeness (QED) is 0.219. The molecule has 0 amide bonds. The Balaban J connectivity index is 1.50. The predicted octanol–water partition coefficient (Wildman–Crippen LogP) is 10.9. The van der Waals surface area contributed by atoms with Gasteiger partial charge in [0.05, 0.1) is 6.85 Å². The van der Waals surface area contributed by atoms with E-state index >= 15 is 0 Å². The van der Waals surface area contributed by atoms with E-state index in [2.05, 4.69) is 24.3 Å². The molecule has 8 rings (SSSR count). The standard InChI is InChI=1S/C38H24O/c1-2-11-25(12-3-1)26-21-23-27(24-22-26)36-28-13-4-6-15-30(28)37(31-16-7-5-14-29(31)36)33-18-10-20-35-38(33)32-17-8-9-19-34(32)39-35/h1-24H/i1D,21D,22D,23D,24D. The van der Waals surface area contributed by atoms with Gasteiger partial charge in [0.1, 0.15) is 11.2 Å². The van der Waals surface area contributed by atoms with Crippen molar-refractivity contribution in [1.82, 2.24) is 0 Å². The van der Waals surface area contributed by atoms with Gasteiger partial charge in [-0.15, -0.1) is 0 Å². The summed E-state index contributed by atoms with van der Waals surface area (Å²) in [6.07, 6.45) is 0. The third-order valence-electron chi connectivity index (χ3n) is 7.49. The van der Waals surface area contributed by atoms with Crippen LogP contribution in [0.1, 0.15) is 6.85 Å². The lowest BCUT2D eigenvalue weighted by molar-refractivity contribution is 0.669. The van der Waals surface area contributed by atoms with Crippen molar-refractivity contribution >= 4 is 43.5 Å². The molecular formula is C38H24O. The fourth-order valence-corrected chi connectivity index (χ4v) is 5.81. The summed E-state index contributed by atoms with van der Waals surface area (Å²) < 4.78 is 50.5. The minimum Gasteiger partial charge on any atom is -0.456 e. The van der Waals surface area contributed by atoms with Crippen molar-refractivity contribution < 1.29 is 11.3 Å². The van der Waals surface area contributed by atoms with Gasteiger partial charge in [-0.25, -0.2) is 0 Å². The second-order valence-electron chi connectivity index (χ2n) is 9.66. The Kier molecular flexibility index (Phi) is 3.89. The van der Waals surface area contributed by atoms with Crippen LogP contribution < -0.4 is 0 Å². The fraction of sp³-hybridized carbons (Fsp3) is 0. The normalized spacial score (nSPS) is 13.4. The molecule has 182 valence electrons. The first-order valence-corrected chi connectivity index (χ1v) is 13.0. The van der Waals surface area contributed by atoms with Crippen LogP contribution in [0, 0.1) is 0 Å². The maximum Gasteiger partial charge on any atom is 0.136 e. The molecule has 1 aromatic heterocycles. The molecule has 0 aliphatic carbocycles. The summed E-state index contributed by atoms with van der Waals surface area (Å²) >= 11 is 0. The predicted molar refractivity (Wildman–Crippen MR) is 165 cm³/mol. The van der Waals surface area contributed by atoms with Crippen molar-refractivity contribution in [3.63, 3.8) is 0 Å². The van der Waals surface area contributed by atoms with E-state index < -0.39 is 0 Å². The Hall–Kier alpha value is -5.14. The van der Waals surface area contributed by atoms with Gasteiger partial charge in [-0.05, 0) is 67.1 Å². The highest BCUT2D eigenvalue weighted by Crippen LogP contribution is 2.46. The fourth-order valence-electron chi connectivity index (χ4n) is 5.81. The van der Waals surface area contributed by atoms with Gasteiger partial charge in [0.15, 0.2) is 0 Å². The summed E-state index contributed by atoms with van der Waals surface area (Å²) in [5, 5.41) is 5.65. The molecule has 0 radical (unpaired) electrons. The highest BCUT2D eigenvalue weighted by molar-refractivity contribution is 6.25. The van der Waals surface area contributed by atoms with Crippen LogP contribution in [-0.4, -0.2) is 0 Å². The lowest BCUT2D eigenvalue weighted by Gasteiger charge is -2.18. The Labute approximate surface area is 233 Å². The van der Waals surface area contributed by atoms with E-state index in [0.717, 1.165) is 54.6 Å². The molecule has 1 heterocycles. The van der Waals surface area contributed by atoms with E-state index in [9.17, 15) is 2.74 Å². The molecule has 7 aromatic carbocycles. The average molecular weight is 502 g/mol. The molecule has 1 heteroatoms. The number of hydrogen-bond donors (Lipinski definition) is 0. The summed E-state index contributed by atoms with van der Waals surface area (Å²) in [5.41, 5.74) is 5.40. The van der Waals surface area contributed by atoms with Gasteiger partial charge in [0.25, 0.3) is 0 Å². The van der Waals surface area contributed by atoms with Crippen LogP contribution in [0.3, 0.4) is 0 Å². The maximum absolute atomic E-state index is 9.21. The molecule has 0 saturated carbocycles. The van der Waals surface area contributed by atoms with Crippen molar-refractivity contribution in [1.29, 1.82) is 0 Å². The van der Waals surface area contributed by atoms with Crippen molar-refractivity contribution in [3.8, 4) is 33.4 Å². The summed E-state index contributed by atoms with van der Waals surface area (Å²) in [4.78, 5) is 0. The number of hydrogen-bond acceptors (Lipinski definition) is 1. The van der Waals surface area contributed by atoms with E-state index in [0.29, 0.717) is 17.2 Å². The Morgan fingerprint density at radius 1 is 0.410 bits per heavy atom. The minimum atomic E-state index is -0.106. The largest absolute Gasteiger partial charge is 0.456 e. The van der Waals surface area contributed by atoms with E-state index in [1.54, 1.807) is 24.3 Å². The summed E-state index contributed by atoms with van der Waals surface area (Å²) in [5.74, 6) is 0. The number of furan rings is 1. The molecule has 0 saturated heterocycles.